The summed E-state index contributed by atoms with van der Waals surface area (Å²) >= 11 is 0. The number of carbonyl (C=O) groups is 1. The van der Waals surface area contributed by atoms with Crippen molar-refractivity contribution in [2.75, 3.05) is 6.61 Å². The Morgan fingerprint density at radius 3 is 2.26 bits per heavy atom. The first-order chi connectivity index (χ1) is 18.6. The van der Waals surface area contributed by atoms with Crippen LogP contribution in [0.1, 0.15) is 103 Å². The number of carbonyl (C=O) groups excluding carboxylic acids is 1. The van der Waals surface area contributed by atoms with Gasteiger partial charge in [-0.1, -0.05) is 6.92 Å². The van der Waals surface area contributed by atoms with Crippen LogP contribution >= 0.6 is 0 Å². The van der Waals surface area contributed by atoms with Gasteiger partial charge in [0.15, 0.2) is 0 Å². The molecule has 214 valence electrons. The second-order valence-corrected chi connectivity index (χ2v) is 15.9. The van der Waals surface area contributed by atoms with Gasteiger partial charge in [-0.15, -0.1) is 0 Å². The van der Waals surface area contributed by atoms with E-state index in [-0.39, 0.29) is 34.7 Å². The summed E-state index contributed by atoms with van der Waals surface area (Å²) in [5.74, 6) is 2.64. The van der Waals surface area contributed by atoms with Gasteiger partial charge < -0.3 is 20.1 Å². The van der Waals surface area contributed by atoms with Crippen molar-refractivity contribution in [3.8, 4) is 0 Å². The number of ether oxygens (including phenoxy) is 1. The van der Waals surface area contributed by atoms with E-state index in [0.29, 0.717) is 25.9 Å². The van der Waals surface area contributed by atoms with Gasteiger partial charge in [-0.2, -0.15) is 0 Å². The van der Waals surface area contributed by atoms with E-state index in [1.807, 2.05) is 0 Å². The zero-order chi connectivity index (χ0) is 26.8. The normalized spacial score (nSPS) is 57.7. The highest BCUT2D eigenvalue weighted by Gasteiger charge is 2.71. The first-order valence-electron chi connectivity index (χ1n) is 16.1. The molecular formula is C33H47NO5. The summed E-state index contributed by atoms with van der Waals surface area (Å²) in [5, 5.41) is 35.8. The van der Waals surface area contributed by atoms with Crippen LogP contribution in [0.3, 0.4) is 0 Å². The van der Waals surface area contributed by atoms with E-state index >= 15 is 0 Å². The lowest BCUT2D eigenvalue weighted by Crippen LogP contribution is -2.69. The molecular weight excluding hydrogens is 490 g/mol. The summed E-state index contributed by atoms with van der Waals surface area (Å²) in [6.07, 6.45) is 18.0. The maximum Gasteiger partial charge on any atom is 0.331 e. The summed E-state index contributed by atoms with van der Waals surface area (Å²) in [4.78, 5) is 17.5. The van der Waals surface area contributed by atoms with Crippen LogP contribution in [-0.4, -0.2) is 57.0 Å². The van der Waals surface area contributed by atoms with Gasteiger partial charge in [-0.3, -0.25) is 4.99 Å². The molecule has 6 heteroatoms. The van der Waals surface area contributed by atoms with E-state index in [0.717, 1.165) is 61.9 Å². The number of rotatable bonds is 3. The fourth-order valence-electron chi connectivity index (χ4n) is 12.8. The number of hydrogen-bond acceptors (Lipinski definition) is 6. The highest BCUT2D eigenvalue weighted by atomic mass is 16.5. The van der Waals surface area contributed by atoms with Gasteiger partial charge in [0.05, 0.1) is 22.8 Å². The summed E-state index contributed by atoms with van der Waals surface area (Å²) in [6.45, 7) is 2.62. The largest absolute Gasteiger partial charge is 0.458 e. The van der Waals surface area contributed by atoms with Crippen LogP contribution in [0.2, 0.25) is 0 Å². The minimum atomic E-state index is -0.964. The third kappa shape index (κ3) is 3.37. The molecule has 6 unspecified atom stereocenters. The predicted molar refractivity (Wildman–Crippen MR) is 147 cm³/mol. The fourth-order valence-corrected chi connectivity index (χ4v) is 12.8. The molecule has 0 aromatic heterocycles. The summed E-state index contributed by atoms with van der Waals surface area (Å²) in [5.41, 5.74) is -1.47. The zero-order valence-corrected chi connectivity index (χ0v) is 23.6. The highest BCUT2D eigenvalue weighted by Crippen LogP contribution is 2.70. The van der Waals surface area contributed by atoms with E-state index in [1.165, 1.54) is 38.5 Å². The van der Waals surface area contributed by atoms with Crippen molar-refractivity contribution in [3.05, 3.63) is 11.6 Å². The van der Waals surface area contributed by atoms with Crippen molar-refractivity contribution in [2.45, 2.75) is 126 Å². The lowest BCUT2D eigenvalue weighted by molar-refractivity contribution is -0.237. The molecule has 0 radical (unpaired) electrons. The van der Waals surface area contributed by atoms with Gasteiger partial charge in [0.1, 0.15) is 6.61 Å². The molecule has 0 aromatic rings. The molecule has 0 aromatic carbocycles. The number of cyclic esters (lactones) is 1. The van der Waals surface area contributed by atoms with Crippen molar-refractivity contribution >= 4 is 12.2 Å². The van der Waals surface area contributed by atoms with Crippen LogP contribution in [0.5, 0.6) is 0 Å². The average Bonchev–Trinajstić information content (AvgIpc) is 3.41. The lowest BCUT2D eigenvalue weighted by atomic mass is 9.41. The van der Waals surface area contributed by atoms with Gasteiger partial charge in [0, 0.05) is 29.5 Å². The van der Waals surface area contributed by atoms with Crippen molar-refractivity contribution in [2.24, 2.45) is 51.3 Å². The van der Waals surface area contributed by atoms with Gasteiger partial charge in [-0.05, 0) is 131 Å². The van der Waals surface area contributed by atoms with Crippen molar-refractivity contribution in [1.29, 1.82) is 0 Å². The topological polar surface area (TPSA) is 99.4 Å². The molecule has 4 bridgehead atoms. The van der Waals surface area contributed by atoms with Crippen LogP contribution in [-0.2, 0) is 9.53 Å². The number of nitrogens with zero attached hydrogens (tertiary/aromatic N) is 1. The van der Waals surface area contributed by atoms with Crippen LogP contribution in [0.15, 0.2) is 16.6 Å². The summed E-state index contributed by atoms with van der Waals surface area (Å²) in [6, 6.07) is 0. The van der Waals surface area contributed by atoms with Gasteiger partial charge in [0.2, 0.25) is 0 Å². The fraction of sp³-hybridized carbons (Fsp3) is 0.879. The average molecular weight is 538 g/mol. The predicted octanol–water partition coefficient (Wildman–Crippen LogP) is 4.74. The number of aliphatic imine (C=N–C) groups is 1. The molecule has 1 heterocycles. The van der Waals surface area contributed by atoms with E-state index in [4.69, 9.17) is 9.73 Å². The third-order valence-corrected chi connectivity index (χ3v) is 14.2. The van der Waals surface area contributed by atoms with Crippen molar-refractivity contribution in [1.82, 2.24) is 0 Å². The minimum Gasteiger partial charge on any atom is -0.458 e. The SMILES string of the molecule is C[C@]12CCC3C(CCC4(O)CC(O)CC[C@]34C=NC34CC5CC(CC(C5)C3)C4)C1(O)CCC2C1=CC(=O)OC1. The van der Waals surface area contributed by atoms with Gasteiger partial charge >= 0.3 is 5.97 Å². The maximum atomic E-state index is 12.7. The summed E-state index contributed by atoms with van der Waals surface area (Å²) < 4.78 is 5.30. The van der Waals surface area contributed by atoms with E-state index in [1.54, 1.807) is 6.08 Å². The maximum absolute atomic E-state index is 12.7. The van der Waals surface area contributed by atoms with Gasteiger partial charge in [-0.25, -0.2) is 4.79 Å². The number of esters is 1. The van der Waals surface area contributed by atoms with Crippen LogP contribution < -0.4 is 0 Å². The molecule has 6 nitrogen and oxygen atoms in total. The third-order valence-electron chi connectivity index (χ3n) is 14.2. The molecule has 39 heavy (non-hydrogen) atoms. The second-order valence-electron chi connectivity index (χ2n) is 15.9. The smallest absolute Gasteiger partial charge is 0.331 e. The molecule has 0 amide bonds. The van der Waals surface area contributed by atoms with Crippen molar-refractivity contribution in [3.63, 3.8) is 0 Å². The Morgan fingerprint density at radius 2 is 1.59 bits per heavy atom. The Kier molecular flexibility index (Phi) is 5.35. The molecule has 1 aliphatic heterocycles. The van der Waals surface area contributed by atoms with E-state index in [2.05, 4.69) is 13.1 Å². The minimum absolute atomic E-state index is 0.0490. The molecule has 8 saturated carbocycles. The second kappa shape index (κ2) is 8.19. The van der Waals surface area contributed by atoms with Gasteiger partial charge in [0.25, 0.3) is 0 Å². The Hall–Kier alpha value is -1.24. The lowest BCUT2D eigenvalue weighted by Gasteiger charge is -2.66. The summed E-state index contributed by atoms with van der Waals surface area (Å²) in [7, 11) is 0. The van der Waals surface area contributed by atoms with Crippen LogP contribution in [0, 0.1) is 46.3 Å². The number of fused-ring (bicyclic) bond motifs is 5. The van der Waals surface area contributed by atoms with E-state index in [9.17, 15) is 20.1 Å². The Balaban J connectivity index is 1.16. The molecule has 9 aliphatic rings. The molecule has 0 spiro atoms. The molecule has 8 fully saturated rings. The Labute approximate surface area is 232 Å². The van der Waals surface area contributed by atoms with E-state index < -0.39 is 22.7 Å². The van der Waals surface area contributed by atoms with Crippen LogP contribution in [0.25, 0.3) is 0 Å². The van der Waals surface area contributed by atoms with Crippen LogP contribution in [0.4, 0.5) is 0 Å². The quantitative estimate of drug-likeness (QED) is 0.357. The number of aliphatic hydroxyl groups excluding tert-OH is 1. The standard InChI is InChI=1S/C33H47NO5/c1-29-6-3-26-27(33(29,38)9-5-25(29)23-13-28(36)39-18-23)4-8-32(37)17-24(35)2-7-31(26,32)19-34-30-14-20-10-21(15-30)12-22(11-20)16-30/h13,19-22,24-27,35,37-38H,2-12,14-18H2,1H3/t20?,21?,22?,24?,25?,26?,27?,29-,30?,31+,32?,33?/m1/s1. The molecule has 8 aliphatic carbocycles. The first kappa shape index (κ1) is 25.5. The molecule has 8 atom stereocenters. The molecule has 9 rings (SSSR count). The molecule has 0 saturated heterocycles. The number of hydrogen-bond donors (Lipinski definition) is 3. The molecule has 3 N–H and O–H groups in total. The Morgan fingerprint density at radius 1 is 0.897 bits per heavy atom. The monoisotopic (exact) mass is 537 g/mol. The van der Waals surface area contributed by atoms with Crippen molar-refractivity contribution < 1.29 is 24.9 Å². The highest BCUT2D eigenvalue weighted by molar-refractivity contribution is 5.85. The zero-order valence-electron chi connectivity index (χ0n) is 23.6. The first-order valence-corrected chi connectivity index (χ1v) is 16.1. The number of aliphatic hydroxyl groups is 3. The Bertz CT molecular complexity index is 1100.